The predicted octanol–water partition coefficient (Wildman–Crippen LogP) is 1.53. The van der Waals surface area contributed by atoms with E-state index in [0.717, 1.165) is 18.4 Å². The third-order valence-electron chi connectivity index (χ3n) is 2.20. The molecule has 16 heavy (non-hydrogen) atoms. The van der Waals surface area contributed by atoms with E-state index < -0.39 is 18.2 Å². The minimum atomic E-state index is -4.49. The standard InChI is InChI=1S/C9H14F3NO2S/c1-7(14)15-8(9(10,11)12)6-13-2-4-16-5-3-13/h8H,2-6H2,1H3. The maximum atomic E-state index is 12.5. The van der Waals surface area contributed by atoms with Crippen molar-refractivity contribution in [1.82, 2.24) is 4.90 Å². The third-order valence-corrected chi connectivity index (χ3v) is 3.14. The molecule has 0 amide bonds. The zero-order valence-corrected chi connectivity index (χ0v) is 9.74. The van der Waals surface area contributed by atoms with Crippen LogP contribution in [-0.2, 0) is 9.53 Å². The molecule has 1 unspecified atom stereocenters. The lowest BCUT2D eigenvalue weighted by atomic mass is 10.3. The number of ether oxygens (including phenoxy) is 1. The first-order valence-electron chi connectivity index (χ1n) is 4.93. The van der Waals surface area contributed by atoms with E-state index in [1.807, 2.05) is 0 Å². The van der Waals surface area contributed by atoms with Crippen molar-refractivity contribution < 1.29 is 22.7 Å². The highest BCUT2D eigenvalue weighted by Crippen LogP contribution is 2.24. The van der Waals surface area contributed by atoms with Gasteiger partial charge in [0.05, 0.1) is 0 Å². The summed E-state index contributed by atoms with van der Waals surface area (Å²) in [6.07, 6.45) is -6.50. The Morgan fingerprint density at radius 1 is 1.44 bits per heavy atom. The van der Waals surface area contributed by atoms with Crippen LogP contribution in [-0.4, -0.2) is 54.3 Å². The number of nitrogens with zero attached hydrogens (tertiary/aromatic N) is 1. The molecule has 0 radical (unpaired) electrons. The lowest BCUT2D eigenvalue weighted by Crippen LogP contribution is -2.46. The number of esters is 1. The van der Waals surface area contributed by atoms with Crippen molar-refractivity contribution in [1.29, 1.82) is 0 Å². The van der Waals surface area contributed by atoms with Crippen molar-refractivity contribution in [3.8, 4) is 0 Å². The predicted molar refractivity (Wildman–Crippen MR) is 55.4 cm³/mol. The van der Waals surface area contributed by atoms with Crippen molar-refractivity contribution in [2.45, 2.75) is 19.2 Å². The molecule has 1 fully saturated rings. The van der Waals surface area contributed by atoms with Crippen LogP contribution >= 0.6 is 11.8 Å². The molecule has 1 aliphatic heterocycles. The fourth-order valence-corrected chi connectivity index (χ4v) is 2.40. The molecule has 3 nitrogen and oxygen atoms in total. The second-order valence-corrected chi connectivity index (χ2v) is 4.78. The Balaban J connectivity index is 2.51. The van der Waals surface area contributed by atoms with Crippen molar-refractivity contribution >= 4 is 17.7 Å². The smallest absolute Gasteiger partial charge is 0.426 e. The molecular formula is C9H14F3NO2S. The number of halogens is 3. The van der Waals surface area contributed by atoms with Crippen molar-refractivity contribution in [3.63, 3.8) is 0 Å². The molecule has 0 aliphatic carbocycles. The quantitative estimate of drug-likeness (QED) is 0.717. The average Bonchev–Trinajstić information content (AvgIpc) is 2.16. The topological polar surface area (TPSA) is 29.5 Å². The maximum Gasteiger partial charge on any atom is 0.426 e. The molecule has 0 N–H and O–H groups in total. The molecule has 0 aromatic rings. The first-order valence-corrected chi connectivity index (χ1v) is 6.09. The summed E-state index contributed by atoms with van der Waals surface area (Å²) in [5, 5.41) is 0. The summed E-state index contributed by atoms with van der Waals surface area (Å²) in [5.41, 5.74) is 0. The Morgan fingerprint density at radius 3 is 2.44 bits per heavy atom. The number of alkyl halides is 3. The molecule has 0 bridgehead atoms. The van der Waals surface area contributed by atoms with Gasteiger partial charge in [-0.15, -0.1) is 0 Å². The summed E-state index contributed by atoms with van der Waals surface area (Å²) in [6.45, 7) is 1.95. The van der Waals surface area contributed by atoms with Crippen LogP contribution in [0.15, 0.2) is 0 Å². The number of thioether (sulfide) groups is 1. The Hall–Kier alpha value is -0.430. The summed E-state index contributed by atoms with van der Waals surface area (Å²) < 4.78 is 41.9. The van der Waals surface area contributed by atoms with E-state index in [9.17, 15) is 18.0 Å². The van der Waals surface area contributed by atoms with Gasteiger partial charge in [0.25, 0.3) is 0 Å². The van der Waals surface area contributed by atoms with E-state index in [1.54, 1.807) is 16.7 Å². The van der Waals surface area contributed by atoms with Crippen LogP contribution in [0.2, 0.25) is 0 Å². The Bertz CT molecular complexity index is 241. The minimum Gasteiger partial charge on any atom is -0.451 e. The Labute approximate surface area is 96.3 Å². The van der Waals surface area contributed by atoms with Gasteiger partial charge in [-0.1, -0.05) is 0 Å². The molecule has 0 aromatic carbocycles. The van der Waals surface area contributed by atoms with Gasteiger partial charge >= 0.3 is 12.1 Å². The molecule has 1 atom stereocenters. The Kier molecular flexibility index (Phi) is 4.91. The zero-order valence-electron chi connectivity index (χ0n) is 8.92. The first-order chi connectivity index (χ1) is 7.39. The van der Waals surface area contributed by atoms with E-state index in [4.69, 9.17) is 0 Å². The highest BCUT2D eigenvalue weighted by atomic mass is 32.2. The second-order valence-electron chi connectivity index (χ2n) is 3.55. The molecule has 0 spiro atoms. The van der Waals surface area contributed by atoms with Gasteiger partial charge in [0.1, 0.15) is 0 Å². The van der Waals surface area contributed by atoms with Crippen LogP contribution in [0.3, 0.4) is 0 Å². The first kappa shape index (κ1) is 13.6. The van der Waals surface area contributed by atoms with Crippen LogP contribution in [0, 0.1) is 0 Å². The van der Waals surface area contributed by atoms with Crippen LogP contribution in [0.5, 0.6) is 0 Å². The van der Waals surface area contributed by atoms with Gasteiger partial charge in [-0.25, -0.2) is 0 Å². The molecule has 1 saturated heterocycles. The lowest BCUT2D eigenvalue weighted by Gasteiger charge is -2.30. The SMILES string of the molecule is CC(=O)OC(CN1CCSCC1)C(F)(F)F. The molecule has 7 heteroatoms. The van der Waals surface area contributed by atoms with Gasteiger partial charge in [-0.3, -0.25) is 9.69 Å². The number of rotatable bonds is 3. The monoisotopic (exact) mass is 257 g/mol. The van der Waals surface area contributed by atoms with Crippen molar-refractivity contribution in [2.24, 2.45) is 0 Å². The third kappa shape index (κ3) is 4.61. The summed E-state index contributed by atoms with van der Waals surface area (Å²) >= 11 is 1.72. The summed E-state index contributed by atoms with van der Waals surface area (Å²) in [7, 11) is 0. The van der Waals surface area contributed by atoms with Crippen molar-refractivity contribution in [3.05, 3.63) is 0 Å². The molecule has 0 saturated carbocycles. The maximum absolute atomic E-state index is 12.5. The van der Waals surface area contributed by atoms with Crippen LogP contribution in [0.25, 0.3) is 0 Å². The Morgan fingerprint density at radius 2 is 2.00 bits per heavy atom. The van der Waals surface area contributed by atoms with Gasteiger partial charge in [0, 0.05) is 38.1 Å². The largest absolute Gasteiger partial charge is 0.451 e. The summed E-state index contributed by atoms with van der Waals surface area (Å²) in [4.78, 5) is 12.3. The zero-order chi connectivity index (χ0) is 12.2. The average molecular weight is 257 g/mol. The normalized spacial score (nSPS) is 20.5. The number of carbonyl (C=O) groups is 1. The minimum absolute atomic E-state index is 0.260. The van der Waals surface area contributed by atoms with Gasteiger partial charge in [-0.2, -0.15) is 24.9 Å². The highest BCUT2D eigenvalue weighted by molar-refractivity contribution is 7.99. The van der Waals surface area contributed by atoms with Crippen LogP contribution < -0.4 is 0 Å². The molecule has 94 valence electrons. The fourth-order valence-electron chi connectivity index (χ4n) is 1.43. The summed E-state index contributed by atoms with van der Waals surface area (Å²) in [5.74, 6) is 0.753. The highest BCUT2D eigenvalue weighted by Gasteiger charge is 2.43. The second kappa shape index (κ2) is 5.77. The van der Waals surface area contributed by atoms with Crippen LogP contribution in [0.4, 0.5) is 13.2 Å². The van der Waals surface area contributed by atoms with Gasteiger partial charge in [0.15, 0.2) is 0 Å². The number of carbonyl (C=O) groups excluding carboxylic acids is 1. The molecule has 1 aliphatic rings. The van der Waals surface area contributed by atoms with Crippen LogP contribution in [0.1, 0.15) is 6.92 Å². The van der Waals surface area contributed by atoms with Gasteiger partial charge < -0.3 is 4.74 Å². The van der Waals surface area contributed by atoms with E-state index >= 15 is 0 Å². The number of hydrogen-bond donors (Lipinski definition) is 0. The van der Waals surface area contributed by atoms with Gasteiger partial charge in [-0.05, 0) is 0 Å². The number of hydrogen-bond acceptors (Lipinski definition) is 4. The molecule has 1 heterocycles. The van der Waals surface area contributed by atoms with E-state index in [-0.39, 0.29) is 6.54 Å². The van der Waals surface area contributed by atoms with Gasteiger partial charge in [0.2, 0.25) is 6.10 Å². The summed E-state index contributed by atoms with van der Waals surface area (Å²) in [6, 6.07) is 0. The van der Waals surface area contributed by atoms with E-state index in [1.165, 1.54) is 0 Å². The molecular weight excluding hydrogens is 243 g/mol. The lowest BCUT2D eigenvalue weighted by molar-refractivity contribution is -0.223. The molecule has 0 aromatic heterocycles. The fraction of sp³-hybridized carbons (Fsp3) is 0.889. The molecule has 1 rings (SSSR count). The van der Waals surface area contributed by atoms with Crippen molar-refractivity contribution in [2.75, 3.05) is 31.1 Å². The van der Waals surface area contributed by atoms with E-state index in [0.29, 0.717) is 13.1 Å². The van der Waals surface area contributed by atoms with E-state index in [2.05, 4.69) is 4.74 Å².